The largest absolute Gasteiger partial charge is 0.430 e. The number of nitrogens with one attached hydrogen (secondary N) is 1. The Morgan fingerprint density at radius 1 is 1.46 bits per heavy atom. The lowest BCUT2D eigenvalue weighted by Gasteiger charge is -2.00. The fraction of sp³-hybridized carbons (Fsp3) is 0.333. The van der Waals surface area contributed by atoms with E-state index in [1.54, 1.807) is 0 Å². The molecule has 0 saturated heterocycles. The summed E-state index contributed by atoms with van der Waals surface area (Å²) in [6.45, 7) is 0. The molecule has 0 aliphatic heterocycles. The SMILES string of the molecule is O=C(NC1CC1)c1ccc(=O)oc1. The molecule has 1 aromatic rings. The van der Waals surface area contributed by atoms with Crippen molar-refractivity contribution in [2.24, 2.45) is 0 Å². The van der Waals surface area contributed by atoms with E-state index < -0.39 is 5.63 Å². The summed E-state index contributed by atoms with van der Waals surface area (Å²) in [5.41, 5.74) is -0.0468. The van der Waals surface area contributed by atoms with Crippen LogP contribution in [0.15, 0.2) is 27.6 Å². The molecule has 68 valence electrons. The molecule has 1 aliphatic carbocycles. The van der Waals surface area contributed by atoms with Gasteiger partial charge in [0.05, 0.1) is 5.56 Å². The third-order valence-electron chi connectivity index (χ3n) is 1.88. The molecule has 0 radical (unpaired) electrons. The second-order valence-electron chi connectivity index (χ2n) is 3.09. The first kappa shape index (κ1) is 8.04. The molecule has 4 heteroatoms. The van der Waals surface area contributed by atoms with Crippen molar-refractivity contribution < 1.29 is 9.21 Å². The predicted molar refractivity (Wildman–Crippen MR) is 45.5 cm³/mol. The summed E-state index contributed by atoms with van der Waals surface area (Å²) in [4.78, 5) is 21.9. The van der Waals surface area contributed by atoms with Gasteiger partial charge in [-0.15, -0.1) is 0 Å². The van der Waals surface area contributed by atoms with Crippen LogP contribution in [0.4, 0.5) is 0 Å². The van der Waals surface area contributed by atoms with Crippen molar-refractivity contribution in [3.8, 4) is 0 Å². The molecule has 1 heterocycles. The molecule has 1 aromatic heterocycles. The van der Waals surface area contributed by atoms with E-state index in [4.69, 9.17) is 0 Å². The van der Waals surface area contributed by atoms with E-state index in [1.165, 1.54) is 18.4 Å². The molecule has 4 nitrogen and oxygen atoms in total. The van der Waals surface area contributed by atoms with Gasteiger partial charge in [-0.3, -0.25) is 4.79 Å². The van der Waals surface area contributed by atoms with Crippen LogP contribution < -0.4 is 10.9 Å². The van der Waals surface area contributed by atoms with E-state index in [9.17, 15) is 9.59 Å². The molecule has 1 fully saturated rings. The molecule has 1 aliphatic rings. The summed E-state index contributed by atoms with van der Waals surface area (Å²) in [6, 6.07) is 3.02. The van der Waals surface area contributed by atoms with Gasteiger partial charge in [-0.25, -0.2) is 4.79 Å². The van der Waals surface area contributed by atoms with Crippen molar-refractivity contribution in [2.75, 3.05) is 0 Å². The summed E-state index contributed by atoms with van der Waals surface area (Å²) in [6.07, 6.45) is 3.27. The second kappa shape index (κ2) is 3.05. The molecule has 2 rings (SSSR count). The zero-order valence-corrected chi connectivity index (χ0v) is 6.95. The normalized spacial score (nSPS) is 15.4. The minimum atomic E-state index is -0.442. The molecule has 0 unspecified atom stereocenters. The monoisotopic (exact) mass is 179 g/mol. The Kier molecular flexibility index (Phi) is 1.88. The highest BCUT2D eigenvalue weighted by molar-refractivity contribution is 5.94. The van der Waals surface area contributed by atoms with Crippen molar-refractivity contribution in [1.82, 2.24) is 5.32 Å². The smallest absolute Gasteiger partial charge is 0.335 e. The van der Waals surface area contributed by atoms with Crippen molar-refractivity contribution >= 4 is 5.91 Å². The number of hydrogen-bond donors (Lipinski definition) is 1. The Labute approximate surface area is 74.6 Å². The van der Waals surface area contributed by atoms with Gasteiger partial charge in [-0.1, -0.05) is 0 Å². The van der Waals surface area contributed by atoms with E-state index in [-0.39, 0.29) is 5.91 Å². The number of carbonyl (C=O) groups is 1. The first-order valence-corrected chi connectivity index (χ1v) is 4.15. The fourth-order valence-electron chi connectivity index (χ4n) is 0.984. The number of rotatable bonds is 2. The maximum absolute atomic E-state index is 11.3. The van der Waals surface area contributed by atoms with E-state index in [1.807, 2.05) is 0 Å². The van der Waals surface area contributed by atoms with E-state index in [2.05, 4.69) is 9.73 Å². The number of carbonyl (C=O) groups excluding carboxylic acids is 1. The van der Waals surface area contributed by atoms with E-state index >= 15 is 0 Å². The fourth-order valence-corrected chi connectivity index (χ4v) is 0.984. The average molecular weight is 179 g/mol. The molecular weight excluding hydrogens is 170 g/mol. The molecule has 1 N–H and O–H groups in total. The lowest BCUT2D eigenvalue weighted by atomic mass is 10.3. The van der Waals surface area contributed by atoms with Crippen LogP contribution in [0.5, 0.6) is 0 Å². The quantitative estimate of drug-likeness (QED) is 0.720. The minimum Gasteiger partial charge on any atom is -0.430 e. The Balaban J connectivity index is 2.10. The molecular formula is C9H9NO3. The predicted octanol–water partition coefficient (Wildman–Crippen LogP) is 0.532. The summed E-state index contributed by atoms with van der Waals surface area (Å²) < 4.78 is 4.56. The van der Waals surface area contributed by atoms with Gasteiger partial charge in [-0.05, 0) is 18.9 Å². The van der Waals surface area contributed by atoms with Crippen molar-refractivity contribution in [2.45, 2.75) is 18.9 Å². The first-order valence-electron chi connectivity index (χ1n) is 4.15. The topological polar surface area (TPSA) is 59.3 Å². The lowest BCUT2D eigenvalue weighted by Crippen LogP contribution is -2.25. The maximum atomic E-state index is 11.3. The standard InChI is InChI=1S/C9H9NO3/c11-8-4-1-6(5-13-8)9(12)10-7-2-3-7/h1,4-5,7H,2-3H2,(H,10,12). The van der Waals surface area contributed by atoms with Crippen LogP contribution in [-0.4, -0.2) is 11.9 Å². The third-order valence-corrected chi connectivity index (χ3v) is 1.88. The first-order chi connectivity index (χ1) is 6.25. The van der Waals surface area contributed by atoms with Crippen LogP contribution >= 0.6 is 0 Å². The van der Waals surface area contributed by atoms with Gasteiger partial charge in [0.25, 0.3) is 5.91 Å². The van der Waals surface area contributed by atoms with Gasteiger partial charge in [0, 0.05) is 12.1 Å². The van der Waals surface area contributed by atoms with Crippen LogP contribution in [0.2, 0.25) is 0 Å². The Morgan fingerprint density at radius 3 is 2.77 bits per heavy atom. The Morgan fingerprint density at radius 2 is 2.23 bits per heavy atom. The minimum absolute atomic E-state index is 0.175. The van der Waals surface area contributed by atoms with Crippen LogP contribution in [-0.2, 0) is 0 Å². The van der Waals surface area contributed by atoms with Crippen molar-refractivity contribution in [3.63, 3.8) is 0 Å². The van der Waals surface area contributed by atoms with E-state index in [0.29, 0.717) is 11.6 Å². The zero-order chi connectivity index (χ0) is 9.26. The Hall–Kier alpha value is -1.58. The highest BCUT2D eigenvalue weighted by atomic mass is 16.4. The van der Waals surface area contributed by atoms with Gasteiger partial charge >= 0.3 is 5.63 Å². The van der Waals surface area contributed by atoms with E-state index in [0.717, 1.165) is 12.8 Å². The second-order valence-corrected chi connectivity index (χ2v) is 3.09. The molecule has 0 bridgehead atoms. The molecule has 0 aromatic carbocycles. The average Bonchev–Trinajstić information content (AvgIpc) is 2.89. The number of hydrogen-bond acceptors (Lipinski definition) is 3. The third kappa shape index (κ3) is 1.96. The molecule has 1 saturated carbocycles. The van der Waals surface area contributed by atoms with Gasteiger partial charge in [0.2, 0.25) is 0 Å². The summed E-state index contributed by atoms with van der Waals surface area (Å²) in [7, 11) is 0. The molecule has 1 amide bonds. The summed E-state index contributed by atoms with van der Waals surface area (Å²) >= 11 is 0. The highest BCUT2D eigenvalue weighted by Crippen LogP contribution is 2.19. The van der Waals surface area contributed by atoms with Gasteiger partial charge in [0.15, 0.2) is 0 Å². The van der Waals surface area contributed by atoms with Gasteiger partial charge < -0.3 is 9.73 Å². The lowest BCUT2D eigenvalue weighted by molar-refractivity contribution is 0.0948. The molecule has 0 atom stereocenters. The zero-order valence-electron chi connectivity index (χ0n) is 6.95. The van der Waals surface area contributed by atoms with Gasteiger partial charge in [0.1, 0.15) is 6.26 Å². The van der Waals surface area contributed by atoms with Crippen molar-refractivity contribution in [3.05, 3.63) is 34.4 Å². The van der Waals surface area contributed by atoms with Crippen LogP contribution in [0, 0.1) is 0 Å². The van der Waals surface area contributed by atoms with Crippen LogP contribution in [0.3, 0.4) is 0 Å². The van der Waals surface area contributed by atoms with Crippen molar-refractivity contribution in [1.29, 1.82) is 0 Å². The molecule has 13 heavy (non-hydrogen) atoms. The number of amides is 1. The summed E-state index contributed by atoms with van der Waals surface area (Å²) in [5, 5.41) is 2.79. The maximum Gasteiger partial charge on any atom is 0.335 e. The van der Waals surface area contributed by atoms with Crippen LogP contribution in [0.25, 0.3) is 0 Å². The summed E-state index contributed by atoms with van der Waals surface area (Å²) in [5.74, 6) is -0.175. The Bertz CT molecular complexity index is 358. The molecule has 0 spiro atoms. The highest BCUT2D eigenvalue weighted by Gasteiger charge is 2.23. The van der Waals surface area contributed by atoms with Gasteiger partial charge in [-0.2, -0.15) is 0 Å². The van der Waals surface area contributed by atoms with Crippen LogP contribution in [0.1, 0.15) is 23.2 Å².